The molecule has 1 saturated carbocycles. The van der Waals surface area contributed by atoms with Crippen molar-refractivity contribution in [1.29, 1.82) is 0 Å². The Morgan fingerprint density at radius 3 is 2.42 bits per heavy atom. The summed E-state index contributed by atoms with van der Waals surface area (Å²) in [4.78, 5) is 32.2. The lowest BCUT2D eigenvalue weighted by Gasteiger charge is -2.41. The summed E-state index contributed by atoms with van der Waals surface area (Å²) in [7, 11) is 0. The molecule has 0 radical (unpaired) electrons. The minimum Gasteiger partial charge on any atom is -0.380 e. The molecule has 2 saturated heterocycles. The van der Waals surface area contributed by atoms with Gasteiger partial charge in [0.05, 0.1) is 13.2 Å². The Labute approximate surface area is 231 Å². The number of nitrogens with zero attached hydrogens (tertiary/aromatic N) is 3. The highest BCUT2D eigenvalue weighted by molar-refractivity contribution is 8.00. The number of carbonyl (C=O) groups is 2. The Morgan fingerprint density at radius 2 is 1.84 bits per heavy atom. The minimum atomic E-state index is -0.554. The summed E-state index contributed by atoms with van der Waals surface area (Å²) in [5.41, 5.74) is 3.92. The fourth-order valence-electron chi connectivity index (χ4n) is 6.27. The third-order valence-electron chi connectivity index (χ3n) is 8.70. The molecule has 4 aliphatic rings. The van der Waals surface area contributed by atoms with E-state index in [1.807, 2.05) is 4.90 Å². The molecular formula is C30H42N4O3S. The van der Waals surface area contributed by atoms with Crippen LogP contribution in [0.15, 0.2) is 22.5 Å². The number of aliphatic imine (C=N–C) groups is 1. The molecule has 38 heavy (non-hydrogen) atoms. The quantitative estimate of drug-likeness (QED) is 0.480. The van der Waals surface area contributed by atoms with Crippen LogP contribution >= 0.6 is 11.9 Å². The van der Waals surface area contributed by atoms with Crippen LogP contribution in [-0.4, -0.2) is 60.3 Å². The van der Waals surface area contributed by atoms with Gasteiger partial charge in [-0.15, -0.1) is 0 Å². The molecule has 3 fully saturated rings. The summed E-state index contributed by atoms with van der Waals surface area (Å²) in [6, 6.07) is 4.24. The van der Waals surface area contributed by atoms with Crippen LogP contribution in [-0.2, 0) is 14.3 Å². The van der Waals surface area contributed by atoms with Gasteiger partial charge in [0.2, 0.25) is 5.91 Å². The zero-order valence-corrected chi connectivity index (χ0v) is 24.2. The predicted molar refractivity (Wildman–Crippen MR) is 155 cm³/mol. The van der Waals surface area contributed by atoms with Gasteiger partial charge in [-0.2, -0.15) is 0 Å². The predicted octanol–water partition coefficient (Wildman–Crippen LogP) is 5.25. The van der Waals surface area contributed by atoms with Gasteiger partial charge in [-0.25, -0.2) is 4.31 Å². The van der Waals surface area contributed by atoms with E-state index in [1.165, 1.54) is 24.8 Å². The average Bonchev–Trinajstić information content (AvgIpc) is 3.20. The first-order valence-corrected chi connectivity index (χ1v) is 15.0. The van der Waals surface area contributed by atoms with E-state index in [4.69, 9.17) is 9.73 Å². The highest BCUT2D eigenvalue weighted by Crippen LogP contribution is 2.36. The van der Waals surface area contributed by atoms with Gasteiger partial charge in [0.1, 0.15) is 11.4 Å². The third kappa shape index (κ3) is 5.73. The number of hydrogen-bond acceptors (Lipinski definition) is 6. The molecule has 1 aliphatic carbocycles. The summed E-state index contributed by atoms with van der Waals surface area (Å²) in [6.07, 6.45) is 9.82. The van der Waals surface area contributed by atoms with Crippen LogP contribution in [0.5, 0.6) is 0 Å². The molecule has 1 aromatic carbocycles. The SMILES string of the molecule is CC(=O)N(CC1(C)COC1)c1cc(C)c(/C=C/SN2CCC3(CC2)N=C(C2CCCCC2)NC3=O)c(C)c1. The lowest BCUT2D eigenvalue weighted by molar-refractivity contribution is -0.125. The largest absolute Gasteiger partial charge is 0.380 e. The van der Waals surface area contributed by atoms with Gasteiger partial charge in [0.15, 0.2) is 0 Å². The van der Waals surface area contributed by atoms with Crippen molar-refractivity contribution in [3.05, 3.63) is 34.2 Å². The molecule has 1 N–H and O–H groups in total. The lowest BCUT2D eigenvalue weighted by atomic mass is 9.87. The van der Waals surface area contributed by atoms with Crippen molar-refractivity contribution in [2.75, 3.05) is 37.7 Å². The summed E-state index contributed by atoms with van der Waals surface area (Å²) >= 11 is 1.71. The first-order valence-electron chi connectivity index (χ1n) is 14.1. The molecule has 1 aromatic rings. The van der Waals surface area contributed by atoms with Crippen molar-refractivity contribution in [1.82, 2.24) is 9.62 Å². The van der Waals surface area contributed by atoms with Crippen LogP contribution < -0.4 is 10.2 Å². The number of benzene rings is 1. The first kappa shape index (κ1) is 27.4. The fourth-order valence-corrected chi connectivity index (χ4v) is 7.04. The van der Waals surface area contributed by atoms with Crippen LogP contribution in [0.3, 0.4) is 0 Å². The highest BCUT2D eigenvalue weighted by atomic mass is 32.2. The Bertz CT molecular complexity index is 1110. The monoisotopic (exact) mass is 538 g/mol. The molecule has 0 atom stereocenters. The molecule has 5 rings (SSSR count). The maximum absolute atomic E-state index is 12.9. The van der Waals surface area contributed by atoms with E-state index >= 15 is 0 Å². The number of amides is 2. The van der Waals surface area contributed by atoms with E-state index in [0.29, 0.717) is 25.7 Å². The summed E-state index contributed by atoms with van der Waals surface area (Å²) in [5.74, 6) is 1.58. The molecule has 3 heterocycles. The summed E-state index contributed by atoms with van der Waals surface area (Å²) < 4.78 is 7.73. The number of anilines is 1. The summed E-state index contributed by atoms with van der Waals surface area (Å²) in [5, 5.41) is 5.30. The second-order valence-electron chi connectivity index (χ2n) is 12.1. The van der Waals surface area contributed by atoms with Crippen LogP contribution in [0.25, 0.3) is 6.08 Å². The van der Waals surface area contributed by atoms with Crippen molar-refractivity contribution in [3.8, 4) is 0 Å². The second-order valence-corrected chi connectivity index (χ2v) is 13.1. The van der Waals surface area contributed by atoms with Gasteiger partial charge >= 0.3 is 0 Å². The van der Waals surface area contributed by atoms with E-state index < -0.39 is 5.54 Å². The van der Waals surface area contributed by atoms with E-state index in [2.05, 4.69) is 54.0 Å². The van der Waals surface area contributed by atoms with Crippen LogP contribution in [0, 0.1) is 25.2 Å². The number of hydrogen-bond donors (Lipinski definition) is 1. The molecular weight excluding hydrogens is 496 g/mol. The second kappa shape index (κ2) is 11.1. The zero-order valence-electron chi connectivity index (χ0n) is 23.3. The van der Waals surface area contributed by atoms with E-state index in [-0.39, 0.29) is 17.2 Å². The Kier molecular flexibility index (Phi) is 8.04. The van der Waals surface area contributed by atoms with Crippen molar-refractivity contribution < 1.29 is 14.3 Å². The van der Waals surface area contributed by atoms with Crippen molar-refractivity contribution in [3.63, 3.8) is 0 Å². The van der Waals surface area contributed by atoms with Crippen LogP contribution in [0.1, 0.15) is 75.5 Å². The number of amidine groups is 1. The number of piperidine rings is 1. The number of ether oxygens (including phenoxy) is 1. The molecule has 0 bridgehead atoms. The Hall–Kier alpha value is -2.16. The Morgan fingerprint density at radius 1 is 1.18 bits per heavy atom. The standard InChI is InChI=1S/C30H42N4O3S/c1-21-16-25(34(23(3)35)18-29(4)19-37-20-29)17-22(2)26(21)10-15-38-33-13-11-30(12-14-33)28(36)31-27(32-30)24-8-6-5-7-9-24/h10,15-17,24H,5-9,11-14,18-20H2,1-4H3,(H,31,32,36)/b15-10+. The topological polar surface area (TPSA) is 74.2 Å². The van der Waals surface area contributed by atoms with Gasteiger partial charge in [-0.3, -0.25) is 14.6 Å². The first-order chi connectivity index (χ1) is 18.2. The van der Waals surface area contributed by atoms with Gasteiger partial charge in [0.25, 0.3) is 5.91 Å². The molecule has 2 amide bonds. The normalized spacial score (nSPS) is 23.4. The van der Waals surface area contributed by atoms with Gasteiger partial charge in [-0.05, 0) is 79.8 Å². The Balaban J connectivity index is 1.19. The number of rotatable bonds is 7. The van der Waals surface area contributed by atoms with E-state index in [0.717, 1.165) is 61.4 Å². The fraction of sp³-hybridized carbons (Fsp3) is 0.633. The van der Waals surface area contributed by atoms with Crippen molar-refractivity contribution >= 4 is 41.4 Å². The molecule has 1 spiro atoms. The molecule has 206 valence electrons. The van der Waals surface area contributed by atoms with Crippen LogP contribution in [0.4, 0.5) is 5.69 Å². The van der Waals surface area contributed by atoms with Crippen molar-refractivity contribution in [2.24, 2.45) is 16.3 Å². The van der Waals surface area contributed by atoms with E-state index in [1.54, 1.807) is 18.9 Å². The summed E-state index contributed by atoms with van der Waals surface area (Å²) in [6.45, 7) is 11.8. The zero-order chi connectivity index (χ0) is 26.9. The lowest BCUT2D eigenvalue weighted by Crippen LogP contribution is -2.50. The molecule has 7 nitrogen and oxygen atoms in total. The van der Waals surface area contributed by atoms with Gasteiger partial charge in [0, 0.05) is 43.6 Å². The third-order valence-corrected chi connectivity index (χ3v) is 9.62. The number of aryl methyl sites for hydroxylation is 2. The van der Waals surface area contributed by atoms with Gasteiger partial charge < -0.3 is 15.0 Å². The number of nitrogens with one attached hydrogen (secondary N) is 1. The molecule has 0 aromatic heterocycles. The van der Waals surface area contributed by atoms with Crippen LogP contribution in [0.2, 0.25) is 0 Å². The van der Waals surface area contributed by atoms with E-state index in [9.17, 15) is 9.59 Å². The number of carbonyl (C=O) groups excluding carboxylic acids is 2. The molecule has 3 aliphatic heterocycles. The minimum absolute atomic E-state index is 0.0254. The molecule has 0 unspecified atom stereocenters. The maximum Gasteiger partial charge on any atom is 0.253 e. The smallest absolute Gasteiger partial charge is 0.253 e. The highest BCUT2D eigenvalue weighted by Gasteiger charge is 2.46. The molecule has 8 heteroatoms. The van der Waals surface area contributed by atoms with Crippen molar-refractivity contribution in [2.45, 2.75) is 78.2 Å². The average molecular weight is 539 g/mol. The maximum atomic E-state index is 12.9. The van der Waals surface area contributed by atoms with Gasteiger partial charge in [-0.1, -0.05) is 38.1 Å².